The van der Waals surface area contributed by atoms with Crippen LogP contribution in [0.2, 0.25) is 0 Å². The highest BCUT2D eigenvalue weighted by Gasteiger charge is 2.46. The number of amides is 1. The van der Waals surface area contributed by atoms with Crippen molar-refractivity contribution in [2.24, 2.45) is 0 Å². The molecule has 2 aromatic rings. The van der Waals surface area contributed by atoms with Crippen LogP contribution in [0.4, 0.5) is 0 Å². The largest absolute Gasteiger partial charge is 0.507 e. The van der Waals surface area contributed by atoms with E-state index in [1.54, 1.807) is 11.0 Å². The molecule has 1 fully saturated rings. The molecule has 2 aromatic carbocycles. The smallest absolute Gasteiger partial charge is 0.295 e. The number of ketones is 1. The summed E-state index contributed by atoms with van der Waals surface area (Å²) < 4.78 is 5.77. The first-order valence-electron chi connectivity index (χ1n) is 11.8. The lowest BCUT2D eigenvalue weighted by Crippen LogP contribution is -2.35. The van der Waals surface area contributed by atoms with Crippen molar-refractivity contribution in [3.05, 3.63) is 70.3 Å². The maximum absolute atomic E-state index is 13.2. The molecule has 180 valence electrons. The number of carbonyl (C=O) groups excluding carboxylic acids is 2. The fourth-order valence-corrected chi connectivity index (χ4v) is 4.66. The van der Waals surface area contributed by atoms with Crippen molar-refractivity contribution in [3.63, 3.8) is 0 Å². The van der Waals surface area contributed by atoms with Crippen LogP contribution in [0, 0.1) is 0 Å². The number of nitrogens with zero attached hydrogens (tertiary/aromatic N) is 2. The van der Waals surface area contributed by atoms with Gasteiger partial charge in [-0.1, -0.05) is 45.0 Å². The van der Waals surface area contributed by atoms with Crippen molar-refractivity contribution in [1.82, 2.24) is 9.80 Å². The summed E-state index contributed by atoms with van der Waals surface area (Å²) in [5.74, 6) is -0.569. The molecule has 6 heteroatoms. The Morgan fingerprint density at radius 2 is 1.79 bits per heavy atom. The monoisotopic (exact) mass is 462 g/mol. The average molecular weight is 463 g/mol. The van der Waals surface area contributed by atoms with Crippen LogP contribution in [-0.4, -0.2) is 59.9 Å². The number of hydrogen-bond donors (Lipinski definition) is 1. The van der Waals surface area contributed by atoms with E-state index in [0.717, 1.165) is 28.9 Å². The third-order valence-electron chi connectivity index (χ3n) is 6.59. The van der Waals surface area contributed by atoms with Crippen LogP contribution in [0.5, 0.6) is 5.75 Å². The molecule has 0 bridgehead atoms. The summed E-state index contributed by atoms with van der Waals surface area (Å²) in [6.45, 7) is 9.42. The zero-order valence-electron chi connectivity index (χ0n) is 20.9. The van der Waals surface area contributed by atoms with E-state index in [1.165, 1.54) is 0 Å². The van der Waals surface area contributed by atoms with Gasteiger partial charge in [-0.25, -0.2) is 0 Å². The second-order valence-electron chi connectivity index (χ2n) is 10.6. The van der Waals surface area contributed by atoms with Gasteiger partial charge in [0.2, 0.25) is 0 Å². The van der Waals surface area contributed by atoms with Gasteiger partial charge >= 0.3 is 0 Å². The van der Waals surface area contributed by atoms with Gasteiger partial charge in [-0.05, 0) is 61.3 Å². The second kappa shape index (κ2) is 8.91. The van der Waals surface area contributed by atoms with E-state index in [9.17, 15) is 14.7 Å². The molecule has 6 nitrogen and oxygen atoms in total. The Balaban J connectivity index is 1.81. The predicted octanol–water partition coefficient (Wildman–Crippen LogP) is 4.29. The number of benzene rings is 2. The maximum Gasteiger partial charge on any atom is 0.295 e. The molecular formula is C28H34N2O4. The van der Waals surface area contributed by atoms with Crippen molar-refractivity contribution < 1.29 is 19.4 Å². The lowest BCUT2D eigenvalue weighted by atomic mass is 9.85. The third-order valence-corrected chi connectivity index (χ3v) is 6.59. The van der Waals surface area contributed by atoms with Crippen LogP contribution in [0.15, 0.2) is 48.0 Å². The molecule has 1 amide bonds. The molecule has 0 aromatic heterocycles. The molecule has 0 saturated carbocycles. The zero-order chi connectivity index (χ0) is 24.8. The highest BCUT2D eigenvalue weighted by molar-refractivity contribution is 6.46. The van der Waals surface area contributed by atoms with Crippen molar-refractivity contribution in [2.75, 3.05) is 27.2 Å². The van der Waals surface area contributed by atoms with Crippen LogP contribution in [-0.2, 0) is 21.4 Å². The minimum absolute atomic E-state index is 0.0190. The lowest BCUT2D eigenvalue weighted by molar-refractivity contribution is -0.140. The van der Waals surface area contributed by atoms with Crippen LogP contribution in [0.1, 0.15) is 56.0 Å². The molecule has 2 unspecified atom stereocenters. The average Bonchev–Trinajstić information content (AvgIpc) is 3.27. The first kappa shape index (κ1) is 24.0. The molecule has 2 aliphatic heterocycles. The molecule has 1 N–H and O–H groups in total. The topological polar surface area (TPSA) is 70.1 Å². The number of carbonyl (C=O) groups is 2. The number of rotatable bonds is 5. The number of aliphatic hydroxyl groups excluding tert-OH is 1. The standard InChI is InChI=1S/C28H34N2O4/c1-17-15-20-16-19(9-12-22(20)34-17)25(31)23-24(18-7-10-21(11-8-18)28(2,3)4)30(14-13-29(5)6)27(33)26(23)32/h7-12,16-17,24,31H,13-15H2,1-6H3. The highest BCUT2D eigenvalue weighted by atomic mass is 16.5. The highest BCUT2D eigenvalue weighted by Crippen LogP contribution is 2.41. The minimum atomic E-state index is -0.647. The van der Waals surface area contributed by atoms with Crippen LogP contribution in [0.25, 0.3) is 5.76 Å². The number of fused-ring (bicyclic) bond motifs is 1. The van der Waals surface area contributed by atoms with E-state index in [-0.39, 0.29) is 22.9 Å². The molecular weight excluding hydrogens is 428 g/mol. The predicted molar refractivity (Wildman–Crippen MR) is 133 cm³/mol. The van der Waals surface area contributed by atoms with Gasteiger partial charge in [-0.3, -0.25) is 9.59 Å². The Bertz CT molecular complexity index is 1140. The molecule has 4 rings (SSSR count). The fourth-order valence-electron chi connectivity index (χ4n) is 4.66. The fraction of sp³-hybridized carbons (Fsp3) is 0.429. The van der Waals surface area contributed by atoms with E-state index in [1.807, 2.05) is 62.3 Å². The van der Waals surface area contributed by atoms with Crippen LogP contribution in [0.3, 0.4) is 0 Å². The number of aliphatic hydroxyl groups is 1. The lowest BCUT2D eigenvalue weighted by Gasteiger charge is -2.27. The van der Waals surface area contributed by atoms with E-state index < -0.39 is 17.7 Å². The van der Waals surface area contributed by atoms with Gasteiger partial charge in [0.1, 0.15) is 17.6 Å². The Hall–Kier alpha value is -3.12. The summed E-state index contributed by atoms with van der Waals surface area (Å²) in [4.78, 5) is 29.9. The summed E-state index contributed by atoms with van der Waals surface area (Å²) in [7, 11) is 3.86. The zero-order valence-corrected chi connectivity index (χ0v) is 20.9. The van der Waals surface area contributed by atoms with Crippen molar-refractivity contribution in [1.29, 1.82) is 0 Å². The Morgan fingerprint density at radius 1 is 1.12 bits per heavy atom. The van der Waals surface area contributed by atoms with Gasteiger partial charge in [0, 0.05) is 25.1 Å². The quantitative estimate of drug-likeness (QED) is 0.408. The summed E-state index contributed by atoms with van der Waals surface area (Å²) >= 11 is 0. The normalized spacial score (nSPS) is 21.8. The molecule has 0 radical (unpaired) electrons. The molecule has 0 spiro atoms. The van der Waals surface area contributed by atoms with E-state index in [0.29, 0.717) is 18.7 Å². The molecule has 2 heterocycles. The minimum Gasteiger partial charge on any atom is -0.507 e. The van der Waals surface area contributed by atoms with Crippen molar-refractivity contribution >= 4 is 17.4 Å². The SMILES string of the molecule is CC1Cc2cc(C(O)=C3C(=O)C(=O)N(CCN(C)C)C3c3ccc(C(C)(C)C)cc3)ccc2O1. The van der Waals surface area contributed by atoms with Gasteiger partial charge in [-0.2, -0.15) is 0 Å². The van der Waals surface area contributed by atoms with Gasteiger partial charge in [0.05, 0.1) is 11.6 Å². The van der Waals surface area contributed by atoms with Crippen molar-refractivity contribution in [2.45, 2.75) is 51.7 Å². The number of Topliss-reactive ketones (excluding diaryl/α,β-unsaturated/α-hetero) is 1. The van der Waals surface area contributed by atoms with Gasteiger partial charge in [0.25, 0.3) is 11.7 Å². The molecule has 2 atom stereocenters. The molecule has 0 aliphatic carbocycles. The number of ether oxygens (including phenoxy) is 1. The molecule has 34 heavy (non-hydrogen) atoms. The van der Waals surface area contributed by atoms with Crippen molar-refractivity contribution in [3.8, 4) is 5.75 Å². The maximum atomic E-state index is 13.2. The second-order valence-corrected chi connectivity index (χ2v) is 10.6. The van der Waals surface area contributed by atoms with E-state index >= 15 is 0 Å². The van der Waals surface area contributed by atoms with E-state index in [4.69, 9.17) is 4.74 Å². The Kier molecular flexibility index (Phi) is 6.30. The first-order chi connectivity index (χ1) is 16.0. The van der Waals surface area contributed by atoms with Gasteiger partial charge in [-0.15, -0.1) is 0 Å². The summed E-state index contributed by atoms with van der Waals surface area (Å²) in [6, 6.07) is 12.8. The van der Waals surface area contributed by atoms with Crippen LogP contribution >= 0.6 is 0 Å². The molecule has 2 aliphatic rings. The molecule has 1 saturated heterocycles. The first-order valence-corrected chi connectivity index (χ1v) is 11.8. The number of likely N-dealkylation sites (tertiary alicyclic amines) is 1. The van der Waals surface area contributed by atoms with Gasteiger partial charge < -0.3 is 19.6 Å². The summed E-state index contributed by atoms with van der Waals surface area (Å²) in [5, 5.41) is 11.3. The van der Waals surface area contributed by atoms with E-state index in [2.05, 4.69) is 20.8 Å². The third kappa shape index (κ3) is 4.47. The number of hydrogen-bond acceptors (Lipinski definition) is 5. The Morgan fingerprint density at radius 3 is 2.41 bits per heavy atom. The summed E-state index contributed by atoms with van der Waals surface area (Å²) in [5.41, 5.74) is 3.61. The van der Waals surface area contributed by atoms with Crippen LogP contribution < -0.4 is 4.74 Å². The van der Waals surface area contributed by atoms with Gasteiger partial charge in [0.15, 0.2) is 0 Å². The number of likely N-dealkylation sites (N-methyl/N-ethyl adjacent to an activating group) is 1. The summed E-state index contributed by atoms with van der Waals surface area (Å²) in [6.07, 6.45) is 0.816. The Labute approximate surface area is 201 Å².